The van der Waals surface area contributed by atoms with Gasteiger partial charge in [0.25, 0.3) is 10.0 Å². The number of methoxy groups -OCH3 is 1. The highest BCUT2D eigenvalue weighted by molar-refractivity contribution is 7.92. The molecule has 0 unspecified atom stereocenters. The molecule has 0 atom stereocenters. The molecule has 20 heavy (non-hydrogen) atoms. The third-order valence-electron chi connectivity index (χ3n) is 2.68. The van der Waals surface area contributed by atoms with Crippen molar-refractivity contribution < 1.29 is 13.2 Å². The van der Waals surface area contributed by atoms with Gasteiger partial charge in [0.15, 0.2) is 0 Å². The fraction of sp³-hybridized carbons (Fsp3) is 0.154. The van der Waals surface area contributed by atoms with E-state index in [0.29, 0.717) is 11.4 Å². The Balaban J connectivity index is 2.30. The summed E-state index contributed by atoms with van der Waals surface area (Å²) in [6, 6.07) is 7.66. The zero-order valence-corrected chi connectivity index (χ0v) is 11.9. The summed E-state index contributed by atoms with van der Waals surface area (Å²) < 4.78 is 31.8. The molecule has 1 aromatic carbocycles. The molecule has 0 fully saturated rings. The van der Waals surface area contributed by atoms with Crippen molar-refractivity contribution >= 4 is 21.4 Å². The Bertz CT molecular complexity index is 712. The molecule has 2 rings (SSSR count). The van der Waals surface area contributed by atoms with Gasteiger partial charge in [0.05, 0.1) is 29.6 Å². The van der Waals surface area contributed by atoms with Crippen LogP contribution in [0.3, 0.4) is 0 Å². The summed E-state index contributed by atoms with van der Waals surface area (Å²) in [5.41, 5.74) is 7.17. The van der Waals surface area contributed by atoms with Crippen molar-refractivity contribution in [2.45, 2.75) is 11.8 Å². The van der Waals surface area contributed by atoms with Gasteiger partial charge in [-0.15, -0.1) is 0 Å². The van der Waals surface area contributed by atoms with Crippen molar-refractivity contribution in [3.8, 4) is 5.75 Å². The Morgan fingerprint density at radius 2 is 2.00 bits per heavy atom. The highest BCUT2D eigenvalue weighted by Gasteiger charge is 2.16. The van der Waals surface area contributed by atoms with Crippen LogP contribution in [0, 0.1) is 6.92 Å². The minimum absolute atomic E-state index is 0.0661. The largest absolute Gasteiger partial charge is 0.495 e. The van der Waals surface area contributed by atoms with Gasteiger partial charge in [0.1, 0.15) is 5.75 Å². The van der Waals surface area contributed by atoms with Crippen LogP contribution in [0.4, 0.5) is 11.4 Å². The van der Waals surface area contributed by atoms with Gasteiger partial charge >= 0.3 is 0 Å². The monoisotopic (exact) mass is 293 g/mol. The van der Waals surface area contributed by atoms with E-state index in [4.69, 9.17) is 10.5 Å². The van der Waals surface area contributed by atoms with E-state index in [1.54, 1.807) is 12.1 Å². The van der Waals surface area contributed by atoms with Crippen molar-refractivity contribution in [1.82, 2.24) is 4.98 Å². The fourth-order valence-corrected chi connectivity index (χ4v) is 2.70. The maximum atomic E-state index is 12.2. The van der Waals surface area contributed by atoms with Gasteiger partial charge in [-0.25, -0.2) is 8.42 Å². The molecule has 0 spiro atoms. The minimum atomic E-state index is -3.70. The lowest BCUT2D eigenvalue weighted by Gasteiger charge is -2.10. The lowest BCUT2D eigenvalue weighted by atomic mass is 10.3. The standard InChI is InChI=1S/C13H15N3O3S/c1-9-3-4-10(8-15-9)16-20(17,18)11-5-6-13(19-2)12(14)7-11/h3-8,16H,14H2,1-2H3. The van der Waals surface area contributed by atoms with Crippen LogP contribution in [0.1, 0.15) is 5.69 Å². The summed E-state index contributed by atoms with van der Waals surface area (Å²) in [5, 5.41) is 0. The molecule has 0 saturated carbocycles. The molecule has 0 aliphatic rings. The van der Waals surface area contributed by atoms with Crippen LogP contribution >= 0.6 is 0 Å². The van der Waals surface area contributed by atoms with Crippen LogP contribution in [0.15, 0.2) is 41.4 Å². The number of sulfonamides is 1. The number of aromatic nitrogens is 1. The number of aryl methyl sites for hydroxylation is 1. The third kappa shape index (κ3) is 3.00. The predicted octanol–water partition coefficient (Wildman–Crippen LogP) is 1.78. The quantitative estimate of drug-likeness (QED) is 0.838. The van der Waals surface area contributed by atoms with Crippen LogP contribution in [0.5, 0.6) is 5.75 Å². The van der Waals surface area contributed by atoms with E-state index in [1.165, 1.54) is 31.5 Å². The molecule has 0 aliphatic carbocycles. The maximum Gasteiger partial charge on any atom is 0.262 e. The molecule has 0 amide bonds. The van der Waals surface area contributed by atoms with Crippen LogP contribution in [-0.2, 0) is 10.0 Å². The molecular formula is C13H15N3O3S. The van der Waals surface area contributed by atoms with Gasteiger partial charge in [-0.05, 0) is 37.3 Å². The highest BCUT2D eigenvalue weighted by atomic mass is 32.2. The van der Waals surface area contributed by atoms with Crippen molar-refractivity contribution in [2.24, 2.45) is 0 Å². The summed E-state index contributed by atoms with van der Waals surface area (Å²) in [6.07, 6.45) is 1.46. The van der Waals surface area contributed by atoms with Gasteiger partial charge in [-0.1, -0.05) is 0 Å². The Morgan fingerprint density at radius 3 is 2.55 bits per heavy atom. The maximum absolute atomic E-state index is 12.2. The summed E-state index contributed by atoms with van der Waals surface area (Å²) in [7, 11) is -2.23. The molecular weight excluding hydrogens is 278 g/mol. The van der Waals surface area contributed by atoms with E-state index in [0.717, 1.165) is 5.69 Å². The second-order valence-corrected chi connectivity index (χ2v) is 5.88. The van der Waals surface area contributed by atoms with Crippen LogP contribution in [-0.4, -0.2) is 20.5 Å². The van der Waals surface area contributed by atoms with Crippen molar-refractivity contribution in [3.05, 3.63) is 42.2 Å². The van der Waals surface area contributed by atoms with Crippen molar-refractivity contribution in [1.29, 1.82) is 0 Å². The Morgan fingerprint density at radius 1 is 1.25 bits per heavy atom. The van der Waals surface area contributed by atoms with Gasteiger partial charge in [0, 0.05) is 5.69 Å². The molecule has 3 N–H and O–H groups in total. The molecule has 0 saturated heterocycles. The predicted molar refractivity (Wildman–Crippen MR) is 77.2 cm³/mol. The first-order valence-corrected chi connectivity index (χ1v) is 7.29. The minimum Gasteiger partial charge on any atom is -0.495 e. The van der Waals surface area contributed by atoms with E-state index in [-0.39, 0.29) is 10.6 Å². The molecule has 7 heteroatoms. The number of pyridine rings is 1. The Labute approximate surface area is 117 Å². The van der Waals surface area contributed by atoms with Gasteiger partial charge < -0.3 is 10.5 Å². The summed E-state index contributed by atoms with van der Waals surface area (Å²) in [4.78, 5) is 4.10. The number of nitrogens with two attached hydrogens (primary N) is 1. The summed E-state index contributed by atoms with van der Waals surface area (Å²) >= 11 is 0. The average molecular weight is 293 g/mol. The number of anilines is 2. The van der Waals surface area contributed by atoms with E-state index >= 15 is 0 Å². The van der Waals surface area contributed by atoms with E-state index in [9.17, 15) is 8.42 Å². The Hall–Kier alpha value is -2.28. The number of nitrogens with zero attached hydrogens (tertiary/aromatic N) is 1. The second kappa shape index (κ2) is 5.38. The third-order valence-corrected chi connectivity index (χ3v) is 4.05. The normalized spacial score (nSPS) is 11.1. The molecule has 1 aromatic heterocycles. The van der Waals surface area contributed by atoms with Crippen molar-refractivity contribution in [3.63, 3.8) is 0 Å². The van der Waals surface area contributed by atoms with E-state index in [1.807, 2.05) is 6.92 Å². The topological polar surface area (TPSA) is 94.3 Å². The number of hydrogen-bond donors (Lipinski definition) is 2. The first kappa shape index (κ1) is 14.1. The molecule has 1 heterocycles. The molecule has 2 aromatic rings. The molecule has 0 radical (unpaired) electrons. The first-order chi connectivity index (χ1) is 9.42. The number of rotatable bonds is 4. The van der Waals surface area contributed by atoms with Crippen LogP contribution in [0.25, 0.3) is 0 Å². The highest BCUT2D eigenvalue weighted by Crippen LogP contribution is 2.25. The number of hydrogen-bond acceptors (Lipinski definition) is 5. The Kier molecular flexibility index (Phi) is 3.80. The molecule has 106 valence electrons. The van der Waals surface area contributed by atoms with E-state index in [2.05, 4.69) is 9.71 Å². The summed E-state index contributed by atoms with van der Waals surface area (Å²) in [5.74, 6) is 0.431. The second-order valence-electron chi connectivity index (χ2n) is 4.20. The number of nitrogen functional groups attached to an aromatic ring is 1. The van der Waals surface area contributed by atoms with Gasteiger partial charge in [0.2, 0.25) is 0 Å². The molecule has 6 nitrogen and oxygen atoms in total. The molecule has 0 bridgehead atoms. The van der Waals surface area contributed by atoms with Gasteiger partial charge in [-0.2, -0.15) is 0 Å². The molecule has 0 aliphatic heterocycles. The van der Waals surface area contributed by atoms with E-state index < -0.39 is 10.0 Å². The lowest BCUT2D eigenvalue weighted by Crippen LogP contribution is -2.13. The van der Waals surface area contributed by atoms with Crippen molar-refractivity contribution in [2.75, 3.05) is 17.6 Å². The zero-order chi connectivity index (χ0) is 14.8. The number of benzene rings is 1. The SMILES string of the molecule is COc1ccc(S(=O)(=O)Nc2ccc(C)nc2)cc1N. The fourth-order valence-electron chi connectivity index (χ4n) is 1.62. The van der Waals surface area contributed by atoms with Gasteiger partial charge in [-0.3, -0.25) is 9.71 Å². The van der Waals surface area contributed by atoms with Crippen LogP contribution in [0.2, 0.25) is 0 Å². The van der Waals surface area contributed by atoms with Crippen LogP contribution < -0.4 is 15.2 Å². The summed E-state index contributed by atoms with van der Waals surface area (Å²) in [6.45, 7) is 1.82. The number of nitrogens with one attached hydrogen (secondary N) is 1. The number of ether oxygens (including phenoxy) is 1. The lowest BCUT2D eigenvalue weighted by molar-refractivity contribution is 0.416. The average Bonchev–Trinajstić information content (AvgIpc) is 2.41. The smallest absolute Gasteiger partial charge is 0.262 e. The first-order valence-electron chi connectivity index (χ1n) is 5.81. The zero-order valence-electron chi connectivity index (χ0n) is 11.1.